The highest BCUT2D eigenvalue weighted by atomic mass is 15.1. The summed E-state index contributed by atoms with van der Waals surface area (Å²) in [5.74, 6) is 0.861. The molecule has 1 saturated carbocycles. The van der Waals surface area contributed by atoms with Gasteiger partial charge in [-0.2, -0.15) is 0 Å². The van der Waals surface area contributed by atoms with E-state index >= 15 is 0 Å². The molecule has 2 heteroatoms. The normalized spacial score (nSPS) is 31.6. The molecule has 1 aliphatic carbocycles. The fourth-order valence-corrected chi connectivity index (χ4v) is 4.55. The molecule has 0 bridgehead atoms. The zero-order valence-electron chi connectivity index (χ0n) is 14.8. The number of nitrogens with zero attached hydrogens (tertiary/aromatic N) is 1. The van der Waals surface area contributed by atoms with E-state index in [1.54, 1.807) is 0 Å². The van der Waals surface area contributed by atoms with Crippen LogP contribution in [0.3, 0.4) is 0 Å². The molecule has 124 valence electrons. The van der Waals surface area contributed by atoms with Crippen LogP contribution in [0.1, 0.15) is 78.6 Å². The predicted octanol–water partition coefficient (Wildman–Crippen LogP) is 4.45. The highest BCUT2D eigenvalue weighted by molar-refractivity contribution is 4.94. The molecule has 21 heavy (non-hydrogen) atoms. The summed E-state index contributed by atoms with van der Waals surface area (Å²) in [5, 5.41) is 3.90. The number of hydrogen-bond acceptors (Lipinski definition) is 2. The van der Waals surface area contributed by atoms with Crippen LogP contribution in [0.15, 0.2) is 0 Å². The van der Waals surface area contributed by atoms with Crippen molar-refractivity contribution < 1.29 is 0 Å². The average Bonchev–Trinajstić information content (AvgIpc) is 2.40. The maximum atomic E-state index is 3.90. The van der Waals surface area contributed by atoms with Crippen LogP contribution in [0.5, 0.6) is 0 Å². The van der Waals surface area contributed by atoms with Gasteiger partial charge >= 0.3 is 0 Å². The molecule has 1 N–H and O–H groups in total. The maximum Gasteiger partial charge on any atom is 0.0159 e. The average molecular weight is 295 g/mol. The van der Waals surface area contributed by atoms with Crippen molar-refractivity contribution in [3.63, 3.8) is 0 Å². The van der Waals surface area contributed by atoms with Crippen LogP contribution >= 0.6 is 0 Å². The third-order valence-electron chi connectivity index (χ3n) is 5.76. The van der Waals surface area contributed by atoms with E-state index in [1.165, 1.54) is 84.0 Å². The first-order chi connectivity index (χ1) is 10.1. The molecular formula is C19H38N2. The van der Waals surface area contributed by atoms with Gasteiger partial charge in [-0.1, -0.05) is 46.5 Å². The Hall–Kier alpha value is -0.0800. The number of rotatable bonds is 5. The molecule has 2 rings (SSSR count). The van der Waals surface area contributed by atoms with Crippen LogP contribution in [0, 0.1) is 11.3 Å². The highest BCUT2D eigenvalue weighted by Crippen LogP contribution is 2.39. The van der Waals surface area contributed by atoms with E-state index < -0.39 is 0 Å². The molecule has 1 heterocycles. The molecule has 0 radical (unpaired) electrons. The molecule has 2 fully saturated rings. The van der Waals surface area contributed by atoms with Gasteiger partial charge in [0, 0.05) is 12.6 Å². The number of nitrogens with one attached hydrogen (secondary N) is 1. The number of likely N-dealkylation sites (tertiary alicyclic amines) is 1. The first kappa shape index (κ1) is 17.3. The van der Waals surface area contributed by atoms with Gasteiger partial charge in [-0.3, -0.25) is 0 Å². The van der Waals surface area contributed by atoms with Crippen LogP contribution in [0.25, 0.3) is 0 Å². The monoisotopic (exact) mass is 294 g/mol. The van der Waals surface area contributed by atoms with E-state index in [0.717, 1.165) is 12.0 Å². The molecular weight excluding hydrogens is 256 g/mol. The summed E-state index contributed by atoms with van der Waals surface area (Å²) in [6.45, 7) is 12.5. The van der Waals surface area contributed by atoms with Crippen molar-refractivity contribution in [2.24, 2.45) is 11.3 Å². The second kappa shape index (κ2) is 8.53. The Bertz CT molecular complexity index is 279. The summed E-state index contributed by atoms with van der Waals surface area (Å²) in [7, 11) is 0. The van der Waals surface area contributed by atoms with Crippen molar-refractivity contribution >= 4 is 0 Å². The molecule has 0 amide bonds. The maximum absolute atomic E-state index is 3.90. The lowest BCUT2D eigenvalue weighted by Gasteiger charge is -2.46. The van der Waals surface area contributed by atoms with Crippen LogP contribution in [-0.4, -0.2) is 37.1 Å². The SMILES string of the molecule is CCCNC1C(CN2CCCCCCC2)CCCC1(C)C. The van der Waals surface area contributed by atoms with E-state index in [2.05, 4.69) is 31.0 Å². The lowest BCUT2D eigenvalue weighted by Crippen LogP contribution is -2.53. The Balaban J connectivity index is 1.93. The predicted molar refractivity (Wildman–Crippen MR) is 92.7 cm³/mol. The van der Waals surface area contributed by atoms with Crippen LogP contribution in [0.2, 0.25) is 0 Å². The van der Waals surface area contributed by atoms with Crippen molar-refractivity contribution in [2.75, 3.05) is 26.2 Å². The quantitative estimate of drug-likeness (QED) is 0.806. The summed E-state index contributed by atoms with van der Waals surface area (Å²) in [4.78, 5) is 2.78. The van der Waals surface area contributed by atoms with Gasteiger partial charge in [-0.25, -0.2) is 0 Å². The molecule has 2 atom stereocenters. The van der Waals surface area contributed by atoms with Crippen LogP contribution < -0.4 is 5.32 Å². The van der Waals surface area contributed by atoms with Gasteiger partial charge in [-0.15, -0.1) is 0 Å². The summed E-state index contributed by atoms with van der Waals surface area (Å²) < 4.78 is 0. The Morgan fingerprint density at radius 3 is 2.33 bits per heavy atom. The fraction of sp³-hybridized carbons (Fsp3) is 1.00. The molecule has 1 aliphatic heterocycles. The van der Waals surface area contributed by atoms with Crippen molar-refractivity contribution in [2.45, 2.75) is 84.6 Å². The minimum atomic E-state index is 0.473. The third kappa shape index (κ3) is 5.25. The minimum Gasteiger partial charge on any atom is -0.313 e. The molecule has 0 aromatic carbocycles. The molecule has 0 spiro atoms. The Labute approximate surface area is 133 Å². The van der Waals surface area contributed by atoms with E-state index in [9.17, 15) is 0 Å². The van der Waals surface area contributed by atoms with Crippen molar-refractivity contribution in [1.82, 2.24) is 10.2 Å². The van der Waals surface area contributed by atoms with Gasteiger partial charge in [-0.05, 0) is 63.1 Å². The zero-order valence-corrected chi connectivity index (χ0v) is 14.8. The van der Waals surface area contributed by atoms with E-state index in [0.29, 0.717) is 5.41 Å². The van der Waals surface area contributed by atoms with E-state index in [-0.39, 0.29) is 0 Å². The molecule has 1 saturated heterocycles. The summed E-state index contributed by atoms with van der Waals surface area (Å²) in [6.07, 6.45) is 12.7. The van der Waals surface area contributed by atoms with Gasteiger partial charge in [0.25, 0.3) is 0 Å². The molecule has 0 aromatic heterocycles. The van der Waals surface area contributed by atoms with Gasteiger partial charge in [0.05, 0.1) is 0 Å². The standard InChI is InChI=1S/C19H38N2/c1-4-13-20-18-17(11-10-12-19(18,2)3)16-21-14-8-6-5-7-9-15-21/h17-18,20H,4-16H2,1-3H3. The van der Waals surface area contributed by atoms with Gasteiger partial charge < -0.3 is 10.2 Å². The Kier molecular flexibility index (Phi) is 7.01. The third-order valence-corrected chi connectivity index (χ3v) is 5.76. The lowest BCUT2D eigenvalue weighted by atomic mass is 9.67. The van der Waals surface area contributed by atoms with Crippen molar-refractivity contribution in [3.8, 4) is 0 Å². The topological polar surface area (TPSA) is 15.3 Å². The second-order valence-corrected chi connectivity index (χ2v) is 8.14. The van der Waals surface area contributed by atoms with Crippen molar-refractivity contribution in [3.05, 3.63) is 0 Å². The first-order valence-electron chi connectivity index (χ1n) is 9.59. The van der Waals surface area contributed by atoms with Gasteiger partial charge in [0.2, 0.25) is 0 Å². The van der Waals surface area contributed by atoms with Crippen LogP contribution in [-0.2, 0) is 0 Å². The summed E-state index contributed by atoms with van der Waals surface area (Å²) in [5.41, 5.74) is 0.473. The molecule has 2 unspecified atom stereocenters. The number of hydrogen-bond donors (Lipinski definition) is 1. The second-order valence-electron chi connectivity index (χ2n) is 8.14. The fourth-order valence-electron chi connectivity index (χ4n) is 4.55. The largest absolute Gasteiger partial charge is 0.313 e. The Morgan fingerprint density at radius 1 is 1.00 bits per heavy atom. The molecule has 0 aromatic rings. The van der Waals surface area contributed by atoms with E-state index in [4.69, 9.17) is 0 Å². The minimum absolute atomic E-state index is 0.473. The summed E-state index contributed by atoms with van der Waals surface area (Å²) >= 11 is 0. The van der Waals surface area contributed by atoms with Gasteiger partial charge in [0.1, 0.15) is 0 Å². The van der Waals surface area contributed by atoms with Crippen LogP contribution in [0.4, 0.5) is 0 Å². The zero-order chi connectivity index (χ0) is 15.1. The van der Waals surface area contributed by atoms with Gasteiger partial charge in [0.15, 0.2) is 0 Å². The molecule has 2 nitrogen and oxygen atoms in total. The first-order valence-corrected chi connectivity index (χ1v) is 9.59. The Morgan fingerprint density at radius 2 is 1.67 bits per heavy atom. The highest BCUT2D eigenvalue weighted by Gasteiger charge is 2.38. The summed E-state index contributed by atoms with van der Waals surface area (Å²) in [6, 6.07) is 0.719. The van der Waals surface area contributed by atoms with E-state index in [1.807, 2.05) is 0 Å². The smallest absolute Gasteiger partial charge is 0.0159 e. The lowest BCUT2D eigenvalue weighted by molar-refractivity contribution is 0.0762. The van der Waals surface area contributed by atoms with Crippen molar-refractivity contribution in [1.29, 1.82) is 0 Å². The molecule has 2 aliphatic rings.